The molecule has 3 aromatic rings. The number of methoxy groups -OCH3 is 1. The third-order valence-electron chi connectivity index (χ3n) is 6.45. The number of hydrazone groups is 1. The molecule has 226 valence electrons. The second-order valence-electron chi connectivity index (χ2n) is 9.45. The topological polar surface area (TPSA) is 181 Å². The Kier molecular flexibility index (Phi) is 9.68. The first-order chi connectivity index (χ1) is 20.6. The summed E-state index contributed by atoms with van der Waals surface area (Å²) in [6, 6.07) is 11.9. The minimum atomic E-state index is -1.19. The number of hydrogen-bond acceptors (Lipinski definition) is 10. The zero-order valence-corrected chi connectivity index (χ0v) is 24.0. The van der Waals surface area contributed by atoms with Gasteiger partial charge in [0.25, 0.3) is 0 Å². The van der Waals surface area contributed by atoms with Crippen molar-refractivity contribution < 1.29 is 43.2 Å². The fourth-order valence-electron chi connectivity index (χ4n) is 4.45. The summed E-state index contributed by atoms with van der Waals surface area (Å²) in [6.45, 7) is 5.33. The lowest BCUT2D eigenvalue weighted by Crippen LogP contribution is -2.45. The lowest BCUT2D eigenvalue weighted by atomic mass is 9.95. The fraction of sp³-hybridized carbons (Fsp3) is 0.267. The number of urea groups is 1. The number of furan rings is 1. The number of aromatic carboxylic acids is 1. The second kappa shape index (κ2) is 13.6. The number of aryl methyl sites for hydroxylation is 1. The highest BCUT2D eigenvalue weighted by Gasteiger charge is 2.32. The molecule has 4 rings (SSSR count). The Balaban J connectivity index is 1.39. The maximum Gasteiger partial charge on any atom is 0.337 e. The van der Waals surface area contributed by atoms with Gasteiger partial charge < -0.3 is 39.5 Å². The van der Waals surface area contributed by atoms with Crippen LogP contribution in [0.5, 0.6) is 11.5 Å². The lowest BCUT2D eigenvalue weighted by Gasteiger charge is -2.28. The number of aliphatic hydroxyl groups is 1. The number of ether oxygens (including phenoxy) is 3. The average molecular weight is 593 g/mol. The molecule has 1 aliphatic heterocycles. The molecule has 1 aromatic heterocycles. The Morgan fingerprint density at radius 2 is 1.91 bits per heavy atom. The van der Waals surface area contributed by atoms with Gasteiger partial charge in [-0.05, 0) is 68.3 Å². The van der Waals surface area contributed by atoms with E-state index < -0.39 is 30.2 Å². The van der Waals surface area contributed by atoms with E-state index in [-0.39, 0.29) is 17.7 Å². The SMILES string of the molecule is CCOc1cc([C@H]2NC(=O)NC(C)=C2C(=O)OC)ccc1OC[C@@H](O)N/N=C\c1ccc(-c2ccc(C(=O)O)cc2C)o1. The molecule has 43 heavy (non-hydrogen) atoms. The summed E-state index contributed by atoms with van der Waals surface area (Å²) in [7, 11) is 1.26. The van der Waals surface area contributed by atoms with Crippen LogP contribution in [0.2, 0.25) is 0 Å². The first kappa shape index (κ1) is 30.7. The molecular weight excluding hydrogens is 560 g/mol. The quantitative estimate of drug-likeness (QED) is 0.0904. The van der Waals surface area contributed by atoms with Crippen LogP contribution in [0.25, 0.3) is 11.3 Å². The number of carboxylic acid groups (broad SMARTS) is 1. The van der Waals surface area contributed by atoms with Gasteiger partial charge in [0.1, 0.15) is 18.1 Å². The molecule has 0 saturated carbocycles. The highest BCUT2D eigenvalue weighted by Crippen LogP contribution is 2.35. The zero-order chi connectivity index (χ0) is 31.1. The summed E-state index contributed by atoms with van der Waals surface area (Å²) in [6.07, 6.45) is 0.196. The van der Waals surface area contributed by atoms with Crippen LogP contribution in [0.15, 0.2) is 69.3 Å². The molecule has 2 amide bonds. The summed E-state index contributed by atoms with van der Waals surface area (Å²) >= 11 is 0. The van der Waals surface area contributed by atoms with E-state index in [4.69, 9.17) is 23.7 Å². The van der Waals surface area contributed by atoms with Crippen molar-refractivity contribution in [1.29, 1.82) is 0 Å². The number of rotatable bonds is 12. The van der Waals surface area contributed by atoms with Gasteiger partial charge in [-0.15, -0.1) is 0 Å². The second-order valence-corrected chi connectivity index (χ2v) is 9.45. The van der Waals surface area contributed by atoms with E-state index in [1.165, 1.54) is 19.4 Å². The zero-order valence-electron chi connectivity index (χ0n) is 24.0. The minimum Gasteiger partial charge on any atom is -0.490 e. The minimum absolute atomic E-state index is 0.189. The van der Waals surface area contributed by atoms with Crippen LogP contribution in [-0.4, -0.2) is 60.9 Å². The normalized spacial score (nSPS) is 15.5. The molecule has 0 radical (unpaired) electrons. The molecule has 2 atom stereocenters. The van der Waals surface area contributed by atoms with Gasteiger partial charge in [0, 0.05) is 11.3 Å². The molecule has 0 unspecified atom stereocenters. The lowest BCUT2D eigenvalue weighted by molar-refractivity contribution is -0.136. The number of aliphatic hydroxyl groups excluding tert-OH is 1. The molecule has 0 spiro atoms. The molecular formula is C30H32N4O9. The predicted octanol–water partition coefficient (Wildman–Crippen LogP) is 3.47. The Hall–Kier alpha value is -5.30. The van der Waals surface area contributed by atoms with Crippen molar-refractivity contribution in [1.82, 2.24) is 16.1 Å². The summed E-state index contributed by atoms with van der Waals surface area (Å²) in [5, 5.41) is 28.8. The van der Waals surface area contributed by atoms with Crippen LogP contribution in [-0.2, 0) is 9.53 Å². The molecule has 13 nitrogen and oxygen atoms in total. The summed E-state index contributed by atoms with van der Waals surface area (Å²) in [5.74, 6) is 0.0391. The molecule has 2 heterocycles. The maximum absolute atomic E-state index is 12.4. The molecule has 2 aromatic carbocycles. The van der Waals surface area contributed by atoms with E-state index in [0.717, 1.165) is 11.1 Å². The van der Waals surface area contributed by atoms with Gasteiger partial charge in [0.2, 0.25) is 0 Å². The molecule has 0 aliphatic carbocycles. The van der Waals surface area contributed by atoms with Crippen LogP contribution in [0.1, 0.15) is 47.1 Å². The van der Waals surface area contributed by atoms with Crippen molar-refractivity contribution in [3.05, 3.63) is 82.3 Å². The Bertz CT molecular complexity index is 1580. The van der Waals surface area contributed by atoms with Crippen molar-refractivity contribution in [2.75, 3.05) is 20.3 Å². The third kappa shape index (κ3) is 7.32. The highest BCUT2D eigenvalue weighted by molar-refractivity contribution is 5.95. The number of esters is 1. The smallest absolute Gasteiger partial charge is 0.337 e. The highest BCUT2D eigenvalue weighted by atomic mass is 16.5. The van der Waals surface area contributed by atoms with Crippen molar-refractivity contribution in [2.45, 2.75) is 33.0 Å². The summed E-state index contributed by atoms with van der Waals surface area (Å²) < 4.78 is 22.2. The Morgan fingerprint density at radius 3 is 2.60 bits per heavy atom. The number of nitrogens with zero attached hydrogens (tertiary/aromatic N) is 1. The first-order valence-corrected chi connectivity index (χ1v) is 13.3. The summed E-state index contributed by atoms with van der Waals surface area (Å²) in [5.41, 5.74) is 5.44. The number of nitrogens with one attached hydrogen (secondary N) is 3. The largest absolute Gasteiger partial charge is 0.490 e. The summed E-state index contributed by atoms with van der Waals surface area (Å²) in [4.78, 5) is 35.7. The number of carboxylic acids is 1. The van der Waals surface area contributed by atoms with Gasteiger partial charge in [-0.25, -0.2) is 14.4 Å². The van der Waals surface area contributed by atoms with Gasteiger partial charge >= 0.3 is 18.0 Å². The van der Waals surface area contributed by atoms with Crippen molar-refractivity contribution in [3.8, 4) is 22.8 Å². The predicted molar refractivity (Wildman–Crippen MR) is 155 cm³/mol. The number of benzene rings is 2. The van der Waals surface area contributed by atoms with Gasteiger partial charge in [-0.1, -0.05) is 12.1 Å². The van der Waals surface area contributed by atoms with Gasteiger partial charge in [0.15, 0.2) is 17.7 Å². The van der Waals surface area contributed by atoms with Crippen molar-refractivity contribution in [3.63, 3.8) is 0 Å². The third-order valence-corrected chi connectivity index (χ3v) is 6.45. The standard InChI is InChI=1S/C30H32N4O9/c1-5-41-24-13-18(27-26(29(38)40-4)17(3)32-30(39)33-27)7-10-23(24)42-15-25(35)34-31-14-20-8-11-22(43-20)21-9-6-19(28(36)37)12-16(21)2/h6-14,25,27,34-35H,5,15H2,1-4H3,(H,36,37)(H2,32,33,39)/b31-14-/t25-,27-/m1/s1. The fourth-order valence-corrected chi connectivity index (χ4v) is 4.45. The Morgan fingerprint density at radius 1 is 1.12 bits per heavy atom. The van der Waals surface area contributed by atoms with Gasteiger partial charge in [-0.2, -0.15) is 5.10 Å². The molecule has 0 fully saturated rings. The number of hydrogen-bond donors (Lipinski definition) is 5. The monoisotopic (exact) mass is 592 g/mol. The number of allylic oxidation sites excluding steroid dienone is 1. The molecule has 5 N–H and O–H groups in total. The molecule has 0 saturated heterocycles. The molecule has 0 bridgehead atoms. The first-order valence-electron chi connectivity index (χ1n) is 13.3. The van der Waals surface area contributed by atoms with Gasteiger partial charge in [0.05, 0.1) is 37.1 Å². The van der Waals surface area contributed by atoms with E-state index in [1.807, 2.05) is 0 Å². The van der Waals surface area contributed by atoms with Crippen LogP contribution in [0.3, 0.4) is 0 Å². The Labute approximate surface area is 247 Å². The van der Waals surface area contributed by atoms with Crippen LogP contribution in [0.4, 0.5) is 4.79 Å². The van der Waals surface area contributed by atoms with E-state index in [1.54, 1.807) is 63.2 Å². The molecule has 1 aliphatic rings. The van der Waals surface area contributed by atoms with Crippen molar-refractivity contribution >= 4 is 24.2 Å². The van der Waals surface area contributed by atoms with Crippen LogP contribution >= 0.6 is 0 Å². The van der Waals surface area contributed by atoms with Gasteiger partial charge in [-0.3, -0.25) is 5.43 Å². The van der Waals surface area contributed by atoms with E-state index in [2.05, 4.69) is 21.2 Å². The average Bonchev–Trinajstić information content (AvgIpc) is 3.44. The van der Waals surface area contributed by atoms with E-state index >= 15 is 0 Å². The number of amides is 2. The number of carbonyl (C=O) groups excluding carboxylic acids is 2. The van der Waals surface area contributed by atoms with Crippen molar-refractivity contribution in [2.24, 2.45) is 5.10 Å². The van der Waals surface area contributed by atoms with E-state index in [9.17, 15) is 19.5 Å². The van der Waals surface area contributed by atoms with Crippen LogP contribution in [0, 0.1) is 6.92 Å². The maximum atomic E-state index is 12.4. The molecule has 13 heteroatoms. The number of carbonyl (C=O) groups is 3. The van der Waals surface area contributed by atoms with E-state index in [0.29, 0.717) is 40.9 Å². The van der Waals surface area contributed by atoms with Crippen LogP contribution < -0.4 is 25.5 Å².